The van der Waals surface area contributed by atoms with Crippen LogP contribution in [0, 0.1) is 35.0 Å². The van der Waals surface area contributed by atoms with Gasteiger partial charge >= 0.3 is 0 Å². The van der Waals surface area contributed by atoms with Crippen molar-refractivity contribution in [3.8, 4) is 0 Å². The molecule has 1 aliphatic rings. The van der Waals surface area contributed by atoms with Gasteiger partial charge in [0.05, 0.1) is 11.8 Å². The summed E-state index contributed by atoms with van der Waals surface area (Å²) >= 11 is 0. The summed E-state index contributed by atoms with van der Waals surface area (Å²) in [7, 11) is 0. The quantitative estimate of drug-likeness (QED) is 0.316. The molecule has 0 radical (unpaired) electrons. The van der Waals surface area contributed by atoms with Gasteiger partial charge in [-0.2, -0.15) is 0 Å². The largest absolute Gasteiger partial charge is 0.344 e. The van der Waals surface area contributed by atoms with Gasteiger partial charge in [-0.3, -0.25) is 19.6 Å². The third-order valence-electron chi connectivity index (χ3n) is 6.81. The van der Waals surface area contributed by atoms with Crippen molar-refractivity contribution in [1.82, 2.24) is 15.8 Å². The first-order chi connectivity index (χ1) is 15.9. The Morgan fingerprint density at radius 3 is 2.21 bits per heavy atom. The first-order valence-corrected chi connectivity index (χ1v) is 12.4. The molecule has 0 bridgehead atoms. The fourth-order valence-electron chi connectivity index (χ4n) is 4.93. The molecule has 0 saturated heterocycles. The third-order valence-corrected chi connectivity index (χ3v) is 6.81. The third kappa shape index (κ3) is 7.79. The van der Waals surface area contributed by atoms with E-state index in [1.54, 1.807) is 24.4 Å². The molecule has 1 fully saturated rings. The van der Waals surface area contributed by atoms with Crippen LogP contribution in [0.1, 0.15) is 73.6 Å². The molecule has 0 aromatic carbocycles. The number of hydroxylamine groups is 1. The predicted molar refractivity (Wildman–Crippen MR) is 132 cm³/mol. The molecule has 0 spiro atoms. The molecular formula is C26H42N4O4. The molecule has 1 aromatic heterocycles. The van der Waals surface area contributed by atoms with Gasteiger partial charge in [0.1, 0.15) is 11.9 Å². The SMILES string of the molecule is CC(C)C[C@@H](C(=O)N[C@H](C(=O)Nc1ccccn1)C(C)(C)C)[C@@H](C(=O)NO)C1CCC(C)CC1. The van der Waals surface area contributed by atoms with E-state index in [1.807, 2.05) is 40.1 Å². The van der Waals surface area contributed by atoms with Crippen molar-refractivity contribution in [2.75, 3.05) is 5.32 Å². The zero-order chi connectivity index (χ0) is 25.5. The lowest BCUT2D eigenvalue weighted by Crippen LogP contribution is -2.55. The Balaban J connectivity index is 2.30. The van der Waals surface area contributed by atoms with E-state index in [9.17, 15) is 19.6 Å². The molecule has 1 aliphatic carbocycles. The number of nitrogens with zero attached hydrogens (tertiary/aromatic N) is 1. The molecule has 8 heteroatoms. The minimum Gasteiger partial charge on any atom is -0.344 e. The molecule has 0 aliphatic heterocycles. The van der Waals surface area contributed by atoms with Crippen LogP contribution >= 0.6 is 0 Å². The Bertz CT molecular complexity index is 814. The van der Waals surface area contributed by atoms with E-state index >= 15 is 0 Å². The lowest BCUT2D eigenvalue weighted by Gasteiger charge is -2.37. The van der Waals surface area contributed by atoms with Gasteiger partial charge in [0, 0.05) is 6.20 Å². The van der Waals surface area contributed by atoms with Crippen molar-refractivity contribution >= 4 is 23.5 Å². The van der Waals surface area contributed by atoms with Gasteiger partial charge in [0.25, 0.3) is 0 Å². The fourth-order valence-corrected chi connectivity index (χ4v) is 4.93. The van der Waals surface area contributed by atoms with Crippen LogP contribution in [0.15, 0.2) is 24.4 Å². The van der Waals surface area contributed by atoms with Crippen LogP contribution in [0.25, 0.3) is 0 Å². The Morgan fingerprint density at radius 2 is 1.71 bits per heavy atom. The Hall–Kier alpha value is -2.48. The molecule has 34 heavy (non-hydrogen) atoms. The van der Waals surface area contributed by atoms with Crippen LogP contribution in [-0.4, -0.2) is 34.0 Å². The van der Waals surface area contributed by atoms with Gasteiger partial charge in [-0.25, -0.2) is 10.5 Å². The number of amides is 3. The van der Waals surface area contributed by atoms with E-state index in [1.165, 1.54) is 0 Å². The highest BCUT2D eigenvalue weighted by Crippen LogP contribution is 2.39. The zero-order valence-electron chi connectivity index (χ0n) is 21.4. The Labute approximate surface area is 203 Å². The number of anilines is 1. The number of carbonyl (C=O) groups excluding carboxylic acids is 3. The second-order valence-electron chi connectivity index (χ2n) is 11.3. The Kier molecular flexibility index (Phi) is 10.0. The van der Waals surface area contributed by atoms with Gasteiger partial charge in [-0.05, 0) is 54.6 Å². The van der Waals surface area contributed by atoms with E-state index in [2.05, 4.69) is 22.5 Å². The first kappa shape index (κ1) is 27.8. The summed E-state index contributed by atoms with van der Waals surface area (Å²) in [6.07, 6.45) is 5.73. The van der Waals surface area contributed by atoms with Gasteiger partial charge in [0.15, 0.2) is 0 Å². The summed E-state index contributed by atoms with van der Waals surface area (Å²) in [6, 6.07) is 4.39. The molecular weight excluding hydrogens is 432 g/mol. The van der Waals surface area contributed by atoms with Crippen LogP contribution in [-0.2, 0) is 14.4 Å². The summed E-state index contributed by atoms with van der Waals surface area (Å²) < 4.78 is 0. The Morgan fingerprint density at radius 1 is 1.06 bits per heavy atom. The molecule has 3 amide bonds. The van der Waals surface area contributed by atoms with E-state index in [-0.39, 0.29) is 23.7 Å². The smallest absolute Gasteiger partial charge is 0.248 e. The highest BCUT2D eigenvalue weighted by molar-refractivity contribution is 5.98. The zero-order valence-corrected chi connectivity index (χ0v) is 21.4. The van der Waals surface area contributed by atoms with Gasteiger partial charge in [-0.15, -0.1) is 0 Å². The first-order valence-electron chi connectivity index (χ1n) is 12.4. The number of rotatable bonds is 9. The van der Waals surface area contributed by atoms with Crippen LogP contribution < -0.4 is 16.1 Å². The van der Waals surface area contributed by atoms with Crippen molar-refractivity contribution in [3.63, 3.8) is 0 Å². The standard InChI is InChI=1S/C26H42N4O4/c1-16(2)15-19(21(24(32)30-34)18-12-10-17(3)11-13-18)23(31)29-22(26(4,5)6)25(33)28-20-9-7-8-14-27-20/h7-9,14,16-19,21-22,34H,10-13,15H2,1-6H3,(H,29,31)(H,30,32)(H,27,28,33)/t17?,18?,19-,21+,22-/m1/s1. The van der Waals surface area contributed by atoms with E-state index in [0.29, 0.717) is 18.2 Å². The summed E-state index contributed by atoms with van der Waals surface area (Å²) in [5, 5.41) is 15.2. The minimum atomic E-state index is -0.833. The minimum absolute atomic E-state index is 0.00767. The van der Waals surface area contributed by atoms with E-state index in [4.69, 9.17) is 0 Å². The molecule has 3 atom stereocenters. The van der Waals surface area contributed by atoms with Crippen molar-refractivity contribution < 1.29 is 19.6 Å². The molecule has 8 nitrogen and oxygen atoms in total. The van der Waals surface area contributed by atoms with Crippen LogP contribution in [0.4, 0.5) is 5.82 Å². The molecule has 0 unspecified atom stereocenters. The number of carbonyl (C=O) groups is 3. The maximum atomic E-state index is 13.7. The molecule has 1 aromatic rings. The molecule has 1 saturated carbocycles. The highest BCUT2D eigenvalue weighted by atomic mass is 16.5. The number of pyridine rings is 1. The number of hydrogen-bond acceptors (Lipinski definition) is 5. The second-order valence-corrected chi connectivity index (χ2v) is 11.3. The predicted octanol–water partition coefficient (Wildman–Crippen LogP) is 4.16. The van der Waals surface area contributed by atoms with Gasteiger partial charge in [0.2, 0.25) is 17.7 Å². The monoisotopic (exact) mass is 474 g/mol. The maximum Gasteiger partial charge on any atom is 0.248 e. The average molecular weight is 475 g/mol. The lowest BCUT2D eigenvalue weighted by molar-refractivity contribution is -0.145. The summed E-state index contributed by atoms with van der Waals surface area (Å²) in [4.78, 5) is 43.8. The molecule has 4 N–H and O–H groups in total. The highest BCUT2D eigenvalue weighted by Gasteiger charge is 2.43. The van der Waals surface area contributed by atoms with Crippen molar-refractivity contribution in [2.45, 2.75) is 79.7 Å². The number of nitrogens with one attached hydrogen (secondary N) is 3. The molecule has 190 valence electrons. The van der Waals surface area contributed by atoms with Gasteiger partial charge < -0.3 is 10.6 Å². The van der Waals surface area contributed by atoms with Gasteiger partial charge in [-0.1, -0.05) is 60.5 Å². The van der Waals surface area contributed by atoms with Crippen LogP contribution in [0.2, 0.25) is 0 Å². The van der Waals surface area contributed by atoms with Crippen LogP contribution in [0.5, 0.6) is 0 Å². The van der Waals surface area contributed by atoms with Crippen LogP contribution in [0.3, 0.4) is 0 Å². The van der Waals surface area contributed by atoms with Crippen molar-refractivity contribution in [2.24, 2.45) is 35.0 Å². The summed E-state index contributed by atoms with van der Waals surface area (Å²) in [5.41, 5.74) is 1.24. The van der Waals surface area contributed by atoms with Crippen molar-refractivity contribution in [3.05, 3.63) is 24.4 Å². The number of hydrogen-bond donors (Lipinski definition) is 4. The van der Waals surface area contributed by atoms with E-state index in [0.717, 1.165) is 25.7 Å². The van der Waals surface area contributed by atoms with E-state index < -0.39 is 29.2 Å². The van der Waals surface area contributed by atoms with Crippen molar-refractivity contribution in [1.29, 1.82) is 0 Å². The topological polar surface area (TPSA) is 120 Å². The summed E-state index contributed by atoms with van der Waals surface area (Å²) in [5.74, 6) is -1.37. The fraction of sp³-hybridized carbons (Fsp3) is 0.692. The molecule has 2 rings (SSSR count). The lowest BCUT2D eigenvalue weighted by atomic mass is 9.69. The number of aromatic nitrogens is 1. The normalized spacial score (nSPS) is 21.3. The second kappa shape index (κ2) is 12.3. The maximum absolute atomic E-state index is 13.7. The molecule has 1 heterocycles. The summed E-state index contributed by atoms with van der Waals surface area (Å²) in [6.45, 7) is 11.9. The average Bonchev–Trinajstić information content (AvgIpc) is 2.77.